The third kappa shape index (κ3) is 1.81. The minimum atomic E-state index is 0.688. The van der Waals surface area contributed by atoms with Gasteiger partial charge < -0.3 is 5.32 Å². The fraction of sp³-hybridized carbons (Fsp3) is 0.333. The maximum atomic E-state index is 3.82. The van der Waals surface area contributed by atoms with Gasteiger partial charge in [-0.1, -0.05) is 9.70 Å². The molecule has 0 aliphatic heterocycles. The zero-order valence-corrected chi connectivity index (χ0v) is 7.82. The highest BCUT2D eigenvalue weighted by Gasteiger charge is 2.00. The highest BCUT2D eigenvalue weighted by molar-refractivity contribution is 7.09. The molecule has 68 valence electrons. The van der Waals surface area contributed by atoms with Gasteiger partial charge in [0.05, 0.1) is 24.6 Å². The van der Waals surface area contributed by atoms with Crippen molar-refractivity contribution in [2.24, 2.45) is 7.05 Å². The minimum absolute atomic E-state index is 0.688. The van der Waals surface area contributed by atoms with Crippen LogP contribution in [0.2, 0.25) is 0 Å². The Morgan fingerprint density at radius 2 is 2.38 bits per heavy atom. The van der Waals surface area contributed by atoms with Crippen molar-refractivity contribution in [3.05, 3.63) is 18.1 Å². The van der Waals surface area contributed by atoms with Gasteiger partial charge in [-0.2, -0.15) is 0 Å². The van der Waals surface area contributed by atoms with Crippen LogP contribution in [0.3, 0.4) is 0 Å². The molecule has 0 fully saturated rings. The first kappa shape index (κ1) is 8.11. The first-order valence-corrected chi connectivity index (χ1v) is 4.48. The summed E-state index contributed by atoms with van der Waals surface area (Å²) < 4.78 is 5.46. The molecule has 0 amide bonds. The van der Waals surface area contributed by atoms with Crippen molar-refractivity contribution in [1.82, 2.24) is 24.6 Å². The molecule has 13 heavy (non-hydrogen) atoms. The monoisotopic (exact) mass is 196 g/mol. The van der Waals surface area contributed by atoms with E-state index in [0.29, 0.717) is 6.54 Å². The molecular formula is C6H8N6S. The number of aryl methyl sites for hydroxylation is 1. The number of nitrogens with one attached hydrogen (secondary N) is 1. The Balaban J connectivity index is 1.97. The zero-order valence-electron chi connectivity index (χ0n) is 7.01. The quantitative estimate of drug-likeness (QED) is 0.763. The van der Waals surface area contributed by atoms with Gasteiger partial charge in [0.15, 0.2) is 0 Å². The zero-order chi connectivity index (χ0) is 9.10. The second kappa shape index (κ2) is 3.48. The summed E-state index contributed by atoms with van der Waals surface area (Å²) in [5, 5.41) is 15.4. The Labute approximate surface area is 78.8 Å². The summed E-state index contributed by atoms with van der Waals surface area (Å²) in [6.45, 7) is 0.688. The molecule has 2 rings (SSSR count). The first-order chi connectivity index (χ1) is 6.36. The van der Waals surface area contributed by atoms with Crippen LogP contribution in [-0.4, -0.2) is 24.6 Å². The van der Waals surface area contributed by atoms with E-state index < -0.39 is 0 Å². The highest BCUT2D eigenvalue weighted by Crippen LogP contribution is 2.10. The van der Waals surface area contributed by atoms with Crippen molar-refractivity contribution in [3.63, 3.8) is 0 Å². The Hall–Kier alpha value is -1.50. The molecule has 7 heteroatoms. The van der Waals surface area contributed by atoms with E-state index in [9.17, 15) is 0 Å². The van der Waals surface area contributed by atoms with E-state index in [1.165, 1.54) is 11.5 Å². The fourth-order valence-electron chi connectivity index (χ4n) is 0.894. The molecule has 0 radical (unpaired) electrons. The SMILES string of the molecule is Cn1nncc1CNc1cnns1. The van der Waals surface area contributed by atoms with E-state index in [4.69, 9.17) is 0 Å². The summed E-state index contributed by atoms with van der Waals surface area (Å²) >= 11 is 1.33. The van der Waals surface area contributed by atoms with Gasteiger partial charge in [0.1, 0.15) is 5.00 Å². The van der Waals surface area contributed by atoms with Gasteiger partial charge in [0, 0.05) is 18.6 Å². The molecule has 6 nitrogen and oxygen atoms in total. The highest BCUT2D eigenvalue weighted by atomic mass is 32.1. The van der Waals surface area contributed by atoms with E-state index in [0.717, 1.165) is 10.7 Å². The predicted molar refractivity (Wildman–Crippen MR) is 48.2 cm³/mol. The third-order valence-electron chi connectivity index (χ3n) is 1.61. The van der Waals surface area contributed by atoms with E-state index in [1.54, 1.807) is 17.1 Å². The average Bonchev–Trinajstić information content (AvgIpc) is 2.72. The van der Waals surface area contributed by atoms with E-state index >= 15 is 0 Å². The van der Waals surface area contributed by atoms with Gasteiger partial charge in [0.25, 0.3) is 0 Å². The number of nitrogens with zero attached hydrogens (tertiary/aromatic N) is 5. The molecule has 0 aliphatic rings. The Morgan fingerprint density at radius 1 is 1.46 bits per heavy atom. The first-order valence-electron chi connectivity index (χ1n) is 3.71. The van der Waals surface area contributed by atoms with Crippen molar-refractivity contribution in [2.45, 2.75) is 6.54 Å². The minimum Gasteiger partial charge on any atom is -0.369 e. The van der Waals surface area contributed by atoms with Crippen LogP contribution in [0.4, 0.5) is 5.00 Å². The molecule has 0 spiro atoms. The molecule has 0 saturated carbocycles. The molecule has 1 N–H and O–H groups in total. The number of hydrogen-bond acceptors (Lipinski definition) is 6. The lowest BCUT2D eigenvalue weighted by Crippen LogP contribution is -2.04. The molecule has 2 aromatic rings. The van der Waals surface area contributed by atoms with Crippen LogP contribution in [0.25, 0.3) is 0 Å². The summed E-state index contributed by atoms with van der Waals surface area (Å²) in [7, 11) is 1.86. The smallest absolute Gasteiger partial charge is 0.130 e. The number of hydrogen-bond donors (Lipinski definition) is 1. The van der Waals surface area contributed by atoms with Gasteiger partial charge >= 0.3 is 0 Å². The van der Waals surface area contributed by atoms with Crippen LogP contribution in [-0.2, 0) is 13.6 Å². The molecule has 0 bridgehead atoms. The Morgan fingerprint density at radius 3 is 3.00 bits per heavy atom. The average molecular weight is 196 g/mol. The number of rotatable bonds is 3. The largest absolute Gasteiger partial charge is 0.369 e. The maximum absolute atomic E-state index is 3.82. The van der Waals surface area contributed by atoms with Crippen molar-refractivity contribution < 1.29 is 0 Å². The summed E-state index contributed by atoms with van der Waals surface area (Å²) in [5.41, 5.74) is 1.02. The van der Waals surface area contributed by atoms with Crippen LogP contribution < -0.4 is 5.32 Å². The van der Waals surface area contributed by atoms with Crippen molar-refractivity contribution in [3.8, 4) is 0 Å². The molecule has 2 aromatic heterocycles. The van der Waals surface area contributed by atoms with E-state index in [2.05, 4.69) is 25.2 Å². The van der Waals surface area contributed by atoms with E-state index in [1.807, 2.05) is 7.05 Å². The van der Waals surface area contributed by atoms with Crippen LogP contribution in [0.15, 0.2) is 12.4 Å². The lowest BCUT2D eigenvalue weighted by molar-refractivity contribution is 0.684. The fourth-order valence-corrected chi connectivity index (χ4v) is 1.31. The molecule has 0 atom stereocenters. The normalized spacial score (nSPS) is 10.2. The lowest BCUT2D eigenvalue weighted by Gasteiger charge is -2.00. The number of aromatic nitrogens is 5. The molecule has 0 saturated heterocycles. The van der Waals surface area contributed by atoms with Crippen molar-refractivity contribution >= 4 is 16.5 Å². The van der Waals surface area contributed by atoms with E-state index in [-0.39, 0.29) is 0 Å². The molecule has 0 aromatic carbocycles. The second-order valence-electron chi connectivity index (χ2n) is 2.48. The molecule has 0 unspecified atom stereocenters. The number of anilines is 1. The van der Waals surface area contributed by atoms with Crippen LogP contribution in [0.5, 0.6) is 0 Å². The van der Waals surface area contributed by atoms with Crippen molar-refractivity contribution in [1.29, 1.82) is 0 Å². The maximum Gasteiger partial charge on any atom is 0.130 e. The van der Waals surface area contributed by atoms with Gasteiger partial charge in [-0.25, -0.2) is 0 Å². The third-order valence-corrected chi connectivity index (χ3v) is 2.24. The van der Waals surface area contributed by atoms with Crippen molar-refractivity contribution in [2.75, 3.05) is 5.32 Å². The second-order valence-corrected chi connectivity index (χ2v) is 3.27. The van der Waals surface area contributed by atoms with Crippen LogP contribution in [0, 0.1) is 0 Å². The van der Waals surface area contributed by atoms with Gasteiger partial charge in [-0.15, -0.1) is 10.2 Å². The Kier molecular flexibility index (Phi) is 2.17. The summed E-state index contributed by atoms with van der Waals surface area (Å²) in [5.74, 6) is 0. The van der Waals surface area contributed by atoms with Crippen LogP contribution >= 0.6 is 11.5 Å². The van der Waals surface area contributed by atoms with Gasteiger partial charge in [0.2, 0.25) is 0 Å². The molecule has 2 heterocycles. The topological polar surface area (TPSA) is 68.5 Å². The molecular weight excluding hydrogens is 188 g/mol. The summed E-state index contributed by atoms with van der Waals surface area (Å²) in [6.07, 6.45) is 3.41. The lowest BCUT2D eigenvalue weighted by atomic mass is 10.4. The standard InChI is InChI=1S/C6H8N6S/c1-12-5(3-8-10-12)2-7-6-4-9-11-13-6/h3-4,7H,2H2,1H3. The summed E-state index contributed by atoms with van der Waals surface area (Å²) in [4.78, 5) is 0. The van der Waals surface area contributed by atoms with Gasteiger partial charge in [-0.3, -0.25) is 4.68 Å². The van der Waals surface area contributed by atoms with Crippen LogP contribution in [0.1, 0.15) is 5.69 Å². The van der Waals surface area contributed by atoms with Gasteiger partial charge in [-0.05, 0) is 0 Å². The predicted octanol–water partition coefficient (Wildman–Crippen LogP) is 0.279. The molecule has 0 aliphatic carbocycles. The Bertz CT molecular complexity index is 366. The summed E-state index contributed by atoms with van der Waals surface area (Å²) in [6, 6.07) is 0.